The molecule has 1 rings (SSSR count). The van der Waals surface area contributed by atoms with Crippen molar-refractivity contribution < 1.29 is 9.53 Å². The molecule has 0 saturated carbocycles. The van der Waals surface area contributed by atoms with Crippen LogP contribution in [0, 0.1) is 0 Å². The minimum Gasteiger partial charge on any atom is -0.444 e. The third-order valence-electron chi connectivity index (χ3n) is 2.64. The lowest BCUT2D eigenvalue weighted by atomic mass is 10.1. The van der Waals surface area contributed by atoms with Gasteiger partial charge in [0.15, 0.2) is 0 Å². The van der Waals surface area contributed by atoms with E-state index in [0.29, 0.717) is 13.1 Å². The summed E-state index contributed by atoms with van der Waals surface area (Å²) in [5, 5.41) is 0.739. The molecule has 0 saturated heterocycles. The highest BCUT2D eigenvalue weighted by Crippen LogP contribution is 2.16. The van der Waals surface area contributed by atoms with Gasteiger partial charge < -0.3 is 9.64 Å². The second-order valence-corrected chi connectivity index (χ2v) is 5.81. The van der Waals surface area contributed by atoms with Gasteiger partial charge in [0, 0.05) is 18.1 Å². The molecular formula is C15H22ClNO2. The van der Waals surface area contributed by atoms with Crippen LogP contribution in [0.25, 0.3) is 0 Å². The molecule has 0 atom stereocenters. The first-order valence-electron chi connectivity index (χ1n) is 6.55. The van der Waals surface area contributed by atoms with Gasteiger partial charge in [0.25, 0.3) is 0 Å². The summed E-state index contributed by atoms with van der Waals surface area (Å²) in [6.07, 6.45) is 0.453. The lowest BCUT2D eigenvalue weighted by Gasteiger charge is -2.26. The molecule has 4 heteroatoms. The van der Waals surface area contributed by atoms with Crippen LogP contribution in [-0.2, 0) is 11.2 Å². The van der Waals surface area contributed by atoms with Crippen LogP contribution in [0.15, 0.2) is 24.3 Å². The van der Waals surface area contributed by atoms with Gasteiger partial charge in [0.1, 0.15) is 5.60 Å². The summed E-state index contributed by atoms with van der Waals surface area (Å²) < 4.78 is 5.36. The maximum absolute atomic E-state index is 12.0. The molecule has 0 spiro atoms. The molecule has 0 fully saturated rings. The van der Waals surface area contributed by atoms with E-state index in [1.165, 1.54) is 0 Å². The molecule has 0 N–H and O–H groups in total. The molecule has 1 amide bonds. The van der Waals surface area contributed by atoms with Gasteiger partial charge in [-0.1, -0.05) is 29.8 Å². The average Bonchev–Trinajstić information content (AvgIpc) is 2.29. The summed E-state index contributed by atoms with van der Waals surface area (Å²) in [4.78, 5) is 13.7. The molecule has 1 aromatic carbocycles. The van der Waals surface area contributed by atoms with Gasteiger partial charge in [-0.25, -0.2) is 4.79 Å². The molecular weight excluding hydrogens is 262 g/mol. The molecule has 0 bridgehead atoms. The summed E-state index contributed by atoms with van der Waals surface area (Å²) in [6, 6.07) is 7.69. The van der Waals surface area contributed by atoms with Crippen LogP contribution >= 0.6 is 11.6 Å². The molecule has 0 radical (unpaired) electrons. The lowest BCUT2D eigenvalue weighted by Crippen LogP contribution is -2.37. The Labute approximate surface area is 120 Å². The van der Waals surface area contributed by atoms with Gasteiger partial charge in [-0.05, 0) is 45.7 Å². The third kappa shape index (κ3) is 5.52. The van der Waals surface area contributed by atoms with Crippen LogP contribution in [0.2, 0.25) is 5.02 Å². The zero-order chi connectivity index (χ0) is 14.5. The van der Waals surface area contributed by atoms with E-state index in [2.05, 4.69) is 0 Å². The number of amides is 1. The van der Waals surface area contributed by atoms with Crippen molar-refractivity contribution >= 4 is 17.7 Å². The number of nitrogens with zero attached hydrogens (tertiary/aromatic N) is 1. The largest absolute Gasteiger partial charge is 0.444 e. The van der Waals surface area contributed by atoms with Crippen molar-refractivity contribution in [3.05, 3.63) is 34.9 Å². The number of halogens is 1. The van der Waals surface area contributed by atoms with Crippen LogP contribution in [0.5, 0.6) is 0 Å². The van der Waals surface area contributed by atoms with Crippen molar-refractivity contribution in [2.45, 2.75) is 39.7 Å². The van der Waals surface area contributed by atoms with Crippen molar-refractivity contribution in [3.8, 4) is 0 Å². The monoisotopic (exact) mass is 283 g/mol. The Morgan fingerprint density at radius 2 is 1.95 bits per heavy atom. The topological polar surface area (TPSA) is 29.5 Å². The lowest BCUT2D eigenvalue weighted by molar-refractivity contribution is 0.0262. The molecule has 1 aromatic rings. The van der Waals surface area contributed by atoms with E-state index in [9.17, 15) is 4.79 Å². The number of likely N-dealkylation sites (N-methyl/N-ethyl adjacent to an activating group) is 1. The Balaban J connectivity index is 2.58. The van der Waals surface area contributed by atoms with Gasteiger partial charge in [-0.2, -0.15) is 0 Å². The summed E-state index contributed by atoms with van der Waals surface area (Å²) >= 11 is 6.10. The van der Waals surface area contributed by atoms with E-state index >= 15 is 0 Å². The van der Waals surface area contributed by atoms with E-state index < -0.39 is 5.60 Å². The zero-order valence-electron chi connectivity index (χ0n) is 12.1. The minimum atomic E-state index is -0.463. The maximum Gasteiger partial charge on any atom is 0.410 e. The van der Waals surface area contributed by atoms with Crippen molar-refractivity contribution in [3.63, 3.8) is 0 Å². The first kappa shape index (κ1) is 15.8. The van der Waals surface area contributed by atoms with Gasteiger partial charge in [-0.15, -0.1) is 0 Å². The fourth-order valence-electron chi connectivity index (χ4n) is 1.66. The van der Waals surface area contributed by atoms with E-state index in [4.69, 9.17) is 16.3 Å². The van der Waals surface area contributed by atoms with Crippen molar-refractivity contribution in [1.29, 1.82) is 0 Å². The SMILES string of the molecule is CCN(CCc1ccccc1Cl)C(=O)OC(C)(C)C. The highest BCUT2D eigenvalue weighted by molar-refractivity contribution is 6.31. The smallest absolute Gasteiger partial charge is 0.410 e. The van der Waals surface area contributed by atoms with Crippen LogP contribution in [0.4, 0.5) is 4.79 Å². The fraction of sp³-hybridized carbons (Fsp3) is 0.533. The van der Waals surface area contributed by atoms with Gasteiger partial charge >= 0.3 is 6.09 Å². The number of benzene rings is 1. The maximum atomic E-state index is 12.0. The highest BCUT2D eigenvalue weighted by atomic mass is 35.5. The predicted octanol–water partition coefficient (Wildman–Crippen LogP) is 4.14. The predicted molar refractivity (Wildman–Crippen MR) is 78.6 cm³/mol. The van der Waals surface area contributed by atoms with Crippen LogP contribution in [0.3, 0.4) is 0 Å². The first-order valence-corrected chi connectivity index (χ1v) is 6.92. The van der Waals surface area contributed by atoms with Crippen molar-refractivity contribution in [2.24, 2.45) is 0 Å². The molecule has 0 aliphatic heterocycles. The second-order valence-electron chi connectivity index (χ2n) is 5.40. The van der Waals surface area contributed by atoms with Gasteiger partial charge in [-0.3, -0.25) is 0 Å². The number of rotatable bonds is 4. The van der Waals surface area contributed by atoms with E-state index in [-0.39, 0.29) is 6.09 Å². The number of hydrogen-bond donors (Lipinski definition) is 0. The number of hydrogen-bond acceptors (Lipinski definition) is 2. The standard InChI is InChI=1S/C15H22ClNO2/c1-5-17(14(18)19-15(2,3)4)11-10-12-8-6-7-9-13(12)16/h6-9H,5,10-11H2,1-4H3. The molecule has 106 valence electrons. The summed E-state index contributed by atoms with van der Waals surface area (Å²) in [6.45, 7) is 8.78. The third-order valence-corrected chi connectivity index (χ3v) is 3.01. The van der Waals surface area contributed by atoms with E-state index in [1.807, 2.05) is 52.0 Å². The van der Waals surface area contributed by atoms with Gasteiger partial charge in [0.05, 0.1) is 0 Å². The van der Waals surface area contributed by atoms with Crippen LogP contribution < -0.4 is 0 Å². The first-order chi connectivity index (χ1) is 8.83. The van der Waals surface area contributed by atoms with Gasteiger partial charge in [0.2, 0.25) is 0 Å². The summed E-state index contributed by atoms with van der Waals surface area (Å²) in [5.74, 6) is 0. The molecule has 0 unspecified atom stereocenters. The molecule has 0 heterocycles. The Hall–Kier alpha value is -1.22. The van der Waals surface area contributed by atoms with Crippen molar-refractivity contribution in [1.82, 2.24) is 4.90 Å². The normalized spacial score (nSPS) is 11.2. The zero-order valence-corrected chi connectivity index (χ0v) is 12.8. The average molecular weight is 284 g/mol. The fourth-order valence-corrected chi connectivity index (χ4v) is 1.89. The number of ether oxygens (including phenoxy) is 1. The number of carbonyl (C=O) groups is 1. The molecule has 0 aliphatic carbocycles. The molecule has 3 nitrogen and oxygen atoms in total. The molecule has 0 aromatic heterocycles. The minimum absolute atomic E-state index is 0.276. The van der Waals surface area contributed by atoms with E-state index in [1.54, 1.807) is 4.90 Å². The van der Waals surface area contributed by atoms with Crippen molar-refractivity contribution in [2.75, 3.05) is 13.1 Å². The summed E-state index contributed by atoms with van der Waals surface area (Å²) in [7, 11) is 0. The number of carbonyl (C=O) groups excluding carboxylic acids is 1. The highest BCUT2D eigenvalue weighted by Gasteiger charge is 2.20. The van der Waals surface area contributed by atoms with Crippen LogP contribution in [0.1, 0.15) is 33.3 Å². The Morgan fingerprint density at radius 3 is 2.47 bits per heavy atom. The quantitative estimate of drug-likeness (QED) is 0.831. The Bertz CT molecular complexity index is 426. The second kappa shape index (κ2) is 6.80. The summed E-state index contributed by atoms with van der Waals surface area (Å²) in [5.41, 5.74) is 0.584. The Morgan fingerprint density at radius 1 is 1.32 bits per heavy atom. The Kier molecular flexibility index (Phi) is 5.67. The van der Waals surface area contributed by atoms with E-state index in [0.717, 1.165) is 17.0 Å². The molecule has 19 heavy (non-hydrogen) atoms. The van der Waals surface area contributed by atoms with Crippen LogP contribution in [-0.4, -0.2) is 29.7 Å². The molecule has 0 aliphatic rings.